The number of aryl methyl sites for hydroxylation is 3. The van der Waals surface area contributed by atoms with Gasteiger partial charge < -0.3 is 19.7 Å². The van der Waals surface area contributed by atoms with Crippen molar-refractivity contribution in [3.8, 4) is 5.75 Å². The van der Waals surface area contributed by atoms with Crippen LogP contribution in [0, 0.1) is 20.8 Å². The Kier molecular flexibility index (Phi) is 6.13. The van der Waals surface area contributed by atoms with E-state index in [9.17, 15) is 9.90 Å². The van der Waals surface area contributed by atoms with E-state index in [1.165, 1.54) is 0 Å². The van der Waals surface area contributed by atoms with Gasteiger partial charge in [0.15, 0.2) is 6.61 Å². The predicted octanol–water partition coefficient (Wildman–Crippen LogP) is 1.73. The Labute approximate surface area is 159 Å². The van der Waals surface area contributed by atoms with Gasteiger partial charge >= 0.3 is 0 Å². The van der Waals surface area contributed by atoms with Crippen LogP contribution in [0.4, 0.5) is 0 Å². The van der Waals surface area contributed by atoms with E-state index < -0.39 is 6.10 Å². The number of carbonyl (C=O) groups is 1. The molecule has 2 aromatic rings. The molecule has 1 saturated heterocycles. The lowest BCUT2D eigenvalue weighted by molar-refractivity contribution is -0.125. The number of piperidine rings is 1. The first-order chi connectivity index (χ1) is 12.9. The third-order valence-electron chi connectivity index (χ3n) is 4.93. The number of ether oxygens (including phenoxy) is 1. The van der Waals surface area contributed by atoms with Crippen molar-refractivity contribution in [1.29, 1.82) is 0 Å². The Hall–Kier alpha value is -2.38. The molecule has 1 amide bonds. The van der Waals surface area contributed by atoms with Crippen molar-refractivity contribution in [1.82, 2.24) is 15.4 Å². The van der Waals surface area contributed by atoms with Gasteiger partial charge in [0.05, 0.1) is 17.8 Å². The number of benzene rings is 1. The molecule has 1 fully saturated rings. The molecular formula is C20H27N3O4. The molecule has 27 heavy (non-hydrogen) atoms. The highest BCUT2D eigenvalue weighted by molar-refractivity contribution is 5.77. The van der Waals surface area contributed by atoms with Crippen LogP contribution in [0.25, 0.3) is 0 Å². The second kappa shape index (κ2) is 8.54. The molecule has 146 valence electrons. The van der Waals surface area contributed by atoms with Crippen LogP contribution in [0.15, 0.2) is 28.8 Å². The van der Waals surface area contributed by atoms with Gasteiger partial charge in [-0.3, -0.25) is 9.69 Å². The largest absolute Gasteiger partial charge is 0.484 e. The maximum absolute atomic E-state index is 12.2. The standard InChI is InChI=1S/C20H27N3O4/c1-13-5-4-6-16(9-13)26-12-20(25)21-18-7-8-23(11-19(18)24)10-17-14(2)22-27-15(17)3/h4-6,9,18-19,24H,7-8,10-12H2,1-3H3,(H,21,25)/t18-,19-/m1/s1. The van der Waals surface area contributed by atoms with E-state index in [0.717, 1.165) is 29.1 Å². The lowest BCUT2D eigenvalue weighted by atomic mass is 10.0. The maximum atomic E-state index is 12.2. The highest BCUT2D eigenvalue weighted by Crippen LogP contribution is 2.19. The normalized spacial score (nSPS) is 20.4. The van der Waals surface area contributed by atoms with Crippen molar-refractivity contribution in [3.63, 3.8) is 0 Å². The summed E-state index contributed by atoms with van der Waals surface area (Å²) in [5.74, 6) is 1.26. The predicted molar refractivity (Wildman–Crippen MR) is 100 cm³/mol. The number of carbonyl (C=O) groups excluding carboxylic acids is 1. The fourth-order valence-electron chi connectivity index (χ4n) is 3.36. The summed E-state index contributed by atoms with van der Waals surface area (Å²) in [5.41, 5.74) is 3.02. The van der Waals surface area contributed by atoms with Gasteiger partial charge in [0.2, 0.25) is 0 Å². The average Bonchev–Trinajstić information content (AvgIpc) is 2.94. The van der Waals surface area contributed by atoms with E-state index in [0.29, 0.717) is 25.3 Å². The minimum absolute atomic E-state index is 0.0601. The van der Waals surface area contributed by atoms with Crippen LogP contribution >= 0.6 is 0 Å². The number of likely N-dealkylation sites (tertiary alicyclic amines) is 1. The molecule has 1 aliphatic rings. The van der Waals surface area contributed by atoms with Crippen molar-refractivity contribution in [3.05, 3.63) is 46.8 Å². The molecule has 1 aromatic carbocycles. The molecular weight excluding hydrogens is 346 g/mol. The number of aromatic nitrogens is 1. The lowest BCUT2D eigenvalue weighted by Crippen LogP contribution is -2.54. The van der Waals surface area contributed by atoms with Gasteiger partial charge in [-0.05, 0) is 44.9 Å². The Balaban J connectivity index is 1.46. The third kappa shape index (κ3) is 5.08. The van der Waals surface area contributed by atoms with Crippen molar-refractivity contribution < 1.29 is 19.2 Å². The molecule has 0 spiro atoms. The first kappa shape index (κ1) is 19.4. The van der Waals surface area contributed by atoms with Crippen LogP contribution in [-0.2, 0) is 11.3 Å². The monoisotopic (exact) mass is 373 g/mol. The topological polar surface area (TPSA) is 87.8 Å². The third-order valence-corrected chi connectivity index (χ3v) is 4.93. The number of hydrogen-bond donors (Lipinski definition) is 2. The number of hydrogen-bond acceptors (Lipinski definition) is 6. The maximum Gasteiger partial charge on any atom is 0.258 e. The van der Waals surface area contributed by atoms with E-state index in [4.69, 9.17) is 9.26 Å². The van der Waals surface area contributed by atoms with E-state index in [1.54, 1.807) is 0 Å². The minimum atomic E-state index is -0.623. The second-order valence-electron chi connectivity index (χ2n) is 7.17. The highest BCUT2D eigenvalue weighted by atomic mass is 16.5. The molecule has 0 unspecified atom stereocenters. The molecule has 1 aliphatic heterocycles. The van der Waals surface area contributed by atoms with Crippen molar-refractivity contribution >= 4 is 5.91 Å². The average molecular weight is 373 g/mol. The van der Waals surface area contributed by atoms with E-state index in [-0.39, 0.29) is 18.6 Å². The number of nitrogens with one attached hydrogen (secondary N) is 1. The molecule has 0 aliphatic carbocycles. The Bertz CT molecular complexity index is 770. The molecule has 2 N–H and O–H groups in total. The summed E-state index contributed by atoms with van der Waals surface area (Å²) in [6.07, 6.45) is 0.0583. The molecule has 7 heteroatoms. The highest BCUT2D eigenvalue weighted by Gasteiger charge is 2.29. The van der Waals surface area contributed by atoms with Crippen molar-refractivity contribution in [2.24, 2.45) is 0 Å². The first-order valence-electron chi connectivity index (χ1n) is 9.23. The summed E-state index contributed by atoms with van der Waals surface area (Å²) in [6.45, 7) is 7.69. The second-order valence-corrected chi connectivity index (χ2v) is 7.17. The summed E-state index contributed by atoms with van der Waals surface area (Å²) in [6, 6.07) is 7.30. The summed E-state index contributed by atoms with van der Waals surface area (Å²) < 4.78 is 10.7. The Morgan fingerprint density at radius 1 is 1.41 bits per heavy atom. The van der Waals surface area contributed by atoms with Crippen LogP contribution in [0.3, 0.4) is 0 Å². The van der Waals surface area contributed by atoms with Crippen molar-refractivity contribution in [2.75, 3.05) is 19.7 Å². The fourth-order valence-corrected chi connectivity index (χ4v) is 3.36. The van der Waals surface area contributed by atoms with Crippen LogP contribution in [0.5, 0.6) is 5.75 Å². The van der Waals surface area contributed by atoms with E-state index >= 15 is 0 Å². The van der Waals surface area contributed by atoms with Crippen molar-refractivity contribution in [2.45, 2.75) is 45.9 Å². The first-order valence-corrected chi connectivity index (χ1v) is 9.23. The van der Waals surface area contributed by atoms with E-state index in [1.807, 2.05) is 45.0 Å². The quantitative estimate of drug-likeness (QED) is 0.802. The summed E-state index contributed by atoms with van der Waals surface area (Å²) in [5, 5.41) is 17.3. The fraction of sp³-hybridized carbons (Fsp3) is 0.500. The Morgan fingerprint density at radius 3 is 2.89 bits per heavy atom. The molecule has 0 saturated carbocycles. The molecule has 0 bridgehead atoms. The van der Waals surface area contributed by atoms with Gasteiger partial charge in [-0.1, -0.05) is 17.3 Å². The zero-order valence-electron chi connectivity index (χ0n) is 16.1. The number of rotatable bonds is 6. The Morgan fingerprint density at radius 2 is 2.22 bits per heavy atom. The van der Waals surface area contributed by atoms with Gasteiger partial charge in [0.25, 0.3) is 5.91 Å². The van der Waals surface area contributed by atoms with Crippen LogP contribution < -0.4 is 10.1 Å². The molecule has 1 aromatic heterocycles. The summed E-state index contributed by atoms with van der Waals surface area (Å²) in [4.78, 5) is 14.3. The number of aliphatic hydroxyl groups is 1. The minimum Gasteiger partial charge on any atom is -0.484 e. The SMILES string of the molecule is Cc1cccc(OCC(=O)N[C@@H]2CCN(Cc3c(C)noc3C)C[C@H]2O)c1. The number of β-amino-alcohol motifs (C(OH)–C–C–N with tert-alkyl or cyclic N) is 1. The molecule has 0 radical (unpaired) electrons. The smallest absolute Gasteiger partial charge is 0.258 e. The van der Waals surface area contributed by atoms with E-state index in [2.05, 4.69) is 15.4 Å². The summed E-state index contributed by atoms with van der Waals surface area (Å²) in [7, 11) is 0. The lowest BCUT2D eigenvalue weighted by Gasteiger charge is -2.36. The van der Waals surface area contributed by atoms with Crippen LogP contribution in [-0.4, -0.2) is 52.9 Å². The molecule has 3 rings (SSSR count). The van der Waals surface area contributed by atoms with Gasteiger partial charge in [0, 0.05) is 25.2 Å². The number of nitrogens with zero attached hydrogens (tertiary/aromatic N) is 2. The summed E-state index contributed by atoms with van der Waals surface area (Å²) >= 11 is 0. The van der Waals surface area contributed by atoms with Gasteiger partial charge in [0.1, 0.15) is 11.5 Å². The van der Waals surface area contributed by atoms with Crippen LogP contribution in [0.1, 0.15) is 29.0 Å². The van der Waals surface area contributed by atoms with Crippen LogP contribution in [0.2, 0.25) is 0 Å². The van der Waals surface area contributed by atoms with Gasteiger partial charge in [-0.25, -0.2) is 0 Å². The molecule has 7 nitrogen and oxygen atoms in total. The number of amides is 1. The number of aliphatic hydroxyl groups excluding tert-OH is 1. The van der Waals surface area contributed by atoms with Gasteiger partial charge in [-0.2, -0.15) is 0 Å². The molecule has 2 atom stereocenters. The molecule has 2 heterocycles. The van der Waals surface area contributed by atoms with Gasteiger partial charge in [-0.15, -0.1) is 0 Å². The zero-order valence-corrected chi connectivity index (χ0v) is 16.1. The zero-order chi connectivity index (χ0) is 19.4.